The number of piperidine rings is 1. The normalized spacial score (nSPS) is 22.8. The van der Waals surface area contributed by atoms with Crippen LogP contribution in [0.15, 0.2) is 30.3 Å². The third-order valence-electron chi connectivity index (χ3n) is 7.96. The number of halogens is 5. The molecule has 2 atom stereocenters. The highest BCUT2D eigenvalue weighted by atomic mass is 35.5. The highest BCUT2D eigenvalue weighted by Crippen LogP contribution is 2.46. The van der Waals surface area contributed by atoms with Crippen LogP contribution < -0.4 is 4.74 Å². The zero-order valence-corrected chi connectivity index (χ0v) is 22.9. The largest absolute Gasteiger partial charge is 0.490 e. The van der Waals surface area contributed by atoms with Crippen LogP contribution in [0, 0.1) is 11.6 Å². The summed E-state index contributed by atoms with van der Waals surface area (Å²) in [7, 11) is 1.15. The third-order valence-corrected chi connectivity index (χ3v) is 8.25. The fraction of sp³-hybridized carbons (Fsp3) is 0.517. The van der Waals surface area contributed by atoms with Crippen molar-refractivity contribution < 1.29 is 36.6 Å². The van der Waals surface area contributed by atoms with Crippen LogP contribution in [0.1, 0.15) is 59.5 Å². The van der Waals surface area contributed by atoms with Gasteiger partial charge < -0.3 is 14.4 Å². The van der Waals surface area contributed by atoms with Gasteiger partial charge in [-0.3, -0.25) is 9.69 Å². The first-order valence-corrected chi connectivity index (χ1v) is 13.8. The van der Waals surface area contributed by atoms with Crippen molar-refractivity contribution in [3.05, 3.63) is 63.7 Å². The smallest absolute Gasteiger partial charge is 0.328 e. The van der Waals surface area contributed by atoms with E-state index in [1.807, 2.05) is 0 Å². The van der Waals surface area contributed by atoms with Crippen molar-refractivity contribution in [1.82, 2.24) is 9.80 Å². The van der Waals surface area contributed by atoms with Crippen LogP contribution in [-0.4, -0.2) is 72.9 Å². The molecule has 0 aromatic heterocycles. The van der Waals surface area contributed by atoms with E-state index in [2.05, 4.69) is 4.90 Å². The molecule has 0 N–H and O–H groups in total. The molecule has 2 saturated heterocycles. The topological polar surface area (TPSA) is 59.1 Å². The number of hydrogen-bond acceptors (Lipinski definition) is 5. The van der Waals surface area contributed by atoms with Crippen LogP contribution in [0.3, 0.4) is 0 Å². The van der Waals surface area contributed by atoms with Gasteiger partial charge in [-0.1, -0.05) is 17.7 Å². The number of amides is 1. The second kappa shape index (κ2) is 11.6. The number of benzene rings is 2. The number of rotatable bonds is 8. The Bertz CT molecular complexity index is 1280. The van der Waals surface area contributed by atoms with Gasteiger partial charge in [-0.05, 0) is 60.9 Å². The average Bonchev–Trinajstić information content (AvgIpc) is 3.70. The minimum absolute atomic E-state index is 0.0458. The van der Waals surface area contributed by atoms with Gasteiger partial charge in [0.15, 0.2) is 0 Å². The van der Waals surface area contributed by atoms with Crippen LogP contribution >= 0.6 is 11.6 Å². The second-order valence-corrected chi connectivity index (χ2v) is 11.3. The zero-order valence-electron chi connectivity index (χ0n) is 22.1. The van der Waals surface area contributed by atoms with E-state index < -0.39 is 41.4 Å². The van der Waals surface area contributed by atoms with Gasteiger partial charge in [0.1, 0.15) is 41.9 Å². The quantitative estimate of drug-likeness (QED) is 0.299. The van der Waals surface area contributed by atoms with E-state index in [9.17, 15) is 18.4 Å². The van der Waals surface area contributed by atoms with Gasteiger partial charge in [-0.25, -0.2) is 22.4 Å². The molecule has 1 saturated carbocycles. The van der Waals surface area contributed by atoms with E-state index in [0.29, 0.717) is 25.2 Å². The van der Waals surface area contributed by atoms with Crippen LogP contribution in [-0.2, 0) is 16.1 Å². The molecule has 216 valence electrons. The summed E-state index contributed by atoms with van der Waals surface area (Å²) in [4.78, 5) is 28.3. The molecule has 0 radical (unpaired) electrons. The Kier molecular flexibility index (Phi) is 8.29. The van der Waals surface area contributed by atoms with E-state index >= 15 is 8.78 Å². The van der Waals surface area contributed by atoms with E-state index in [0.717, 1.165) is 36.5 Å². The summed E-state index contributed by atoms with van der Waals surface area (Å²) < 4.78 is 69.0. The van der Waals surface area contributed by atoms with E-state index in [-0.39, 0.29) is 54.7 Å². The highest BCUT2D eigenvalue weighted by Gasteiger charge is 2.42. The van der Waals surface area contributed by atoms with Gasteiger partial charge in [0.05, 0.1) is 24.2 Å². The molecule has 40 heavy (non-hydrogen) atoms. The number of alkyl halides is 2. The Hall–Kier alpha value is -2.85. The number of nitrogens with zero attached hydrogens (tertiary/aromatic N) is 2. The number of carbonyl (C=O) groups excluding carboxylic acids is 2. The van der Waals surface area contributed by atoms with Crippen molar-refractivity contribution in [2.75, 3.05) is 33.4 Å². The van der Waals surface area contributed by atoms with Gasteiger partial charge in [0.25, 0.3) is 5.91 Å². The van der Waals surface area contributed by atoms with Gasteiger partial charge in [-0.15, -0.1) is 0 Å². The first-order valence-electron chi connectivity index (χ1n) is 13.4. The molecule has 2 aliphatic heterocycles. The van der Waals surface area contributed by atoms with Gasteiger partial charge >= 0.3 is 5.97 Å². The molecule has 2 aromatic rings. The Morgan fingerprint density at radius 2 is 1.82 bits per heavy atom. The molecule has 6 nitrogen and oxygen atoms in total. The monoisotopic (exact) mass is 582 g/mol. The molecular weight excluding hydrogens is 552 g/mol. The lowest BCUT2D eigenvalue weighted by molar-refractivity contribution is -0.145. The van der Waals surface area contributed by atoms with Crippen LogP contribution in [0.5, 0.6) is 5.75 Å². The lowest BCUT2D eigenvalue weighted by Gasteiger charge is -2.36. The minimum atomic E-state index is -1.62. The summed E-state index contributed by atoms with van der Waals surface area (Å²) in [5, 5.41) is 0.0458. The summed E-state index contributed by atoms with van der Waals surface area (Å²) in [5.74, 6) is -2.68. The van der Waals surface area contributed by atoms with Gasteiger partial charge in [0.2, 0.25) is 0 Å². The predicted octanol–water partition coefficient (Wildman–Crippen LogP) is 5.60. The number of esters is 1. The summed E-state index contributed by atoms with van der Waals surface area (Å²) in [6, 6.07) is 5.89. The Balaban J connectivity index is 1.24. The molecule has 1 aliphatic carbocycles. The Labute approximate surface area is 235 Å². The number of likely N-dealkylation sites (tertiary alicyclic amines) is 2. The minimum Gasteiger partial charge on any atom is -0.490 e. The first-order chi connectivity index (χ1) is 19.1. The number of carbonyl (C=O) groups is 2. The van der Waals surface area contributed by atoms with Crippen molar-refractivity contribution in [2.24, 2.45) is 0 Å². The summed E-state index contributed by atoms with van der Waals surface area (Å²) in [5.41, 5.74) is -0.463. The molecule has 1 amide bonds. The molecule has 2 aromatic carbocycles. The molecule has 11 heteroatoms. The molecule has 5 rings (SSSR count). The van der Waals surface area contributed by atoms with E-state index in [4.69, 9.17) is 21.1 Å². The molecule has 0 unspecified atom stereocenters. The molecule has 0 bridgehead atoms. The summed E-state index contributed by atoms with van der Waals surface area (Å²) >= 11 is 5.87. The van der Waals surface area contributed by atoms with Crippen molar-refractivity contribution in [3.8, 4) is 5.75 Å². The SMILES string of the molecule is COC(=O)[C@@H]1C[C@@H](F)CN1C(=O)c1cc(C2CC2)c(OCC2(F)CCN(Cc3ccc(F)c(Cl)c3)CC2)cc1F. The van der Waals surface area contributed by atoms with E-state index in [1.54, 1.807) is 12.1 Å². The zero-order chi connectivity index (χ0) is 28.6. The van der Waals surface area contributed by atoms with E-state index in [1.165, 1.54) is 12.1 Å². The lowest BCUT2D eigenvalue weighted by atomic mass is 9.93. The molecule has 0 spiro atoms. The fourth-order valence-corrected chi connectivity index (χ4v) is 5.66. The standard InChI is InChI=1S/C29H31ClF4N2O4/c1-39-28(38)25-11-19(31)15-36(25)27(37)21-12-20(18-3-4-18)26(13-24(21)33)40-16-29(34)6-8-35(9-7-29)14-17-2-5-23(32)22(30)10-17/h2,5,10,12-13,18-19,25H,3-4,6-9,11,14-16H2,1H3/t19-,25+/m1/s1. The predicted molar refractivity (Wildman–Crippen MR) is 140 cm³/mol. The summed E-state index contributed by atoms with van der Waals surface area (Å²) in [6.07, 6.45) is 0.425. The van der Waals surface area contributed by atoms with Crippen LogP contribution in [0.2, 0.25) is 5.02 Å². The van der Waals surface area contributed by atoms with Crippen molar-refractivity contribution >= 4 is 23.5 Å². The Morgan fingerprint density at radius 3 is 2.48 bits per heavy atom. The molecular formula is C29H31ClF4N2O4. The lowest BCUT2D eigenvalue weighted by Crippen LogP contribution is -2.44. The number of methoxy groups -OCH3 is 1. The van der Waals surface area contributed by atoms with Crippen LogP contribution in [0.4, 0.5) is 17.6 Å². The summed E-state index contributed by atoms with van der Waals surface area (Å²) in [6.45, 7) is 0.832. The van der Waals surface area contributed by atoms with Gasteiger partial charge in [-0.2, -0.15) is 0 Å². The number of hydrogen-bond donors (Lipinski definition) is 0. The second-order valence-electron chi connectivity index (χ2n) is 10.9. The molecule has 3 fully saturated rings. The molecule has 3 aliphatic rings. The Morgan fingerprint density at radius 1 is 1.10 bits per heavy atom. The maximum Gasteiger partial charge on any atom is 0.328 e. The average molecular weight is 583 g/mol. The fourth-order valence-electron chi connectivity index (χ4n) is 5.46. The number of ether oxygens (including phenoxy) is 2. The van der Waals surface area contributed by atoms with Gasteiger partial charge in [0, 0.05) is 32.1 Å². The first kappa shape index (κ1) is 28.7. The highest BCUT2D eigenvalue weighted by molar-refractivity contribution is 6.30. The maximum atomic E-state index is 15.7. The van der Waals surface area contributed by atoms with Crippen molar-refractivity contribution in [2.45, 2.75) is 62.4 Å². The van der Waals surface area contributed by atoms with Crippen molar-refractivity contribution in [3.63, 3.8) is 0 Å². The van der Waals surface area contributed by atoms with Crippen LogP contribution in [0.25, 0.3) is 0 Å². The molecule has 2 heterocycles. The maximum absolute atomic E-state index is 15.7. The van der Waals surface area contributed by atoms with Crippen molar-refractivity contribution in [1.29, 1.82) is 0 Å². The third kappa shape index (κ3) is 6.22.